The summed E-state index contributed by atoms with van der Waals surface area (Å²) in [5.74, 6) is 0.254. The van der Waals surface area contributed by atoms with Gasteiger partial charge in [0.15, 0.2) is 0 Å². The van der Waals surface area contributed by atoms with E-state index in [1.165, 1.54) is 0 Å². The lowest BCUT2D eigenvalue weighted by Gasteiger charge is -2.30. The number of carbonyl (C=O) groups is 2. The van der Waals surface area contributed by atoms with Gasteiger partial charge in [-0.05, 0) is 43.4 Å². The van der Waals surface area contributed by atoms with Crippen LogP contribution in [0.2, 0.25) is 10.0 Å². The van der Waals surface area contributed by atoms with E-state index in [0.29, 0.717) is 28.1 Å². The third-order valence-corrected chi connectivity index (χ3v) is 5.28. The number of carbonyl (C=O) groups excluding carboxylic acids is 2. The summed E-state index contributed by atoms with van der Waals surface area (Å²) in [5.41, 5.74) is 0.533. The van der Waals surface area contributed by atoms with Crippen LogP contribution in [0.25, 0.3) is 0 Å². The molecule has 2 atom stereocenters. The van der Waals surface area contributed by atoms with Gasteiger partial charge in [-0.1, -0.05) is 30.1 Å². The van der Waals surface area contributed by atoms with Gasteiger partial charge in [0.25, 0.3) is 0 Å². The van der Waals surface area contributed by atoms with Crippen molar-refractivity contribution in [3.63, 3.8) is 0 Å². The quantitative estimate of drug-likeness (QED) is 0.896. The van der Waals surface area contributed by atoms with Gasteiger partial charge in [-0.2, -0.15) is 0 Å². The van der Waals surface area contributed by atoms with Gasteiger partial charge in [-0.15, -0.1) is 0 Å². The van der Waals surface area contributed by atoms with Crippen LogP contribution < -0.4 is 5.32 Å². The first-order chi connectivity index (χ1) is 11.0. The maximum atomic E-state index is 12.4. The third kappa shape index (κ3) is 3.81. The summed E-state index contributed by atoms with van der Waals surface area (Å²) < 4.78 is 0. The summed E-state index contributed by atoms with van der Waals surface area (Å²) in [7, 11) is 0. The lowest BCUT2D eigenvalue weighted by atomic mass is 9.99. The van der Waals surface area contributed by atoms with Gasteiger partial charge in [0.1, 0.15) is 0 Å². The summed E-state index contributed by atoms with van der Waals surface area (Å²) in [4.78, 5) is 26.6. The number of benzene rings is 1. The van der Waals surface area contributed by atoms with Crippen molar-refractivity contribution in [1.29, 1.82) is 0 Å². The Labute approximate surface area is 146 Å². The fraction of sp³-hybridized carbons (Fsp3) is 0.529. The number of likely N-dealkylation sites (tertiary alicyclic amines) is 1. The zero-order valence-electron chi connectivity index (χ0n) is 13.0. The van der Waals surface area contributed by atoms with Gasteiger partial charge in [0, 0.05) is 18.1 Å². The molecule has 6 heteroatoms. The van der Waals surface area contributed by atoms with Crippen LogP contribution in [-0.2, 0) is 9.59 Å². The summed E-state index contributed by atoms with van der Waals surface area (Å²) in [6, 6.07) is 4.93. The van der Waals surface area contributed by atoms with Crippen LogP contribution in [0.1, 0.15) is 26.2 Å². The zero-order valence-corrected chi connectivity index (χ0v) is 14.5. The molecule has 1 heterocycles. The molecule has 1 aromatic rings. The van der Waals surface area contributed by atoms with Crippen LogP contribution in [0, 0.1) is 17.8 Å². The highest BCUT2D eigenvalue weighted by atomic mass is 35.5. The molecule has 1 aromatic carbocycles. The molecule has 2 unspecified atom stereocenters. The molecule has 0 radical (unpaired) electrons. The number of rotatable bonds is 3. The zero-order chi connectivity index (χ0) is 16.6. The molecule has 1 saturated carbocycles. The molecule has 2 amide bonds. The molecule has 23 heavy (non-hydrogen) atoms. The minimum atomic E-state index is -0.242. The van der Waals surface area contributed by atoms with Gasteiger partial charge >= 0.3 is 0 Å². The second-order valence-corrected chi connectivity index (χ2v) is 7.41. The van der Waals surface area contributed by atoms with E-state index in [9.17, 15) is 9.59 Å². The molecule has 1 N–H and O–H groups in total. The lowest BCUT2D eigenvalue weighted by Crippen LogP contribution is -2.39. The Balaban J connectivity index is 1.55. The molecule has 2 aliphatic rings. The van der Waals surface area contributed by atoms with Crippen LogP contribution in [0.5, 0.6) is 0 Å². The van der Waals surface area contributed by atoms with Gasteiger partial charge in [0.05, 0.1) is 22.5 Å². The van der Waals surface area contributed by atoms with E-state index in [0.717, 1.165) is 25.9 Å². The predicted octanol–water partition coefficient (Wildman–Crippen LogP) is 3.83. The molecule has 2 fully saturated rings. The number of nitrogens with zero attached hydrogens (tertiary/aromatic N) is 1. The van der Waals surface area contributed by atoms with Crippen molar-refractivity contribution in [2.24, 2.45) is 17.8 Å². The largest absolute Gasteiger partial charge is 0.342 e. The Morgan fingerprint density at radius 1 is 1.17 bits per heavy atom. The first kappa shape index (κ1) is 16.6. The standard InChI is InChI=1S/C17H20Cl2N2O2/c1-10-4-6-21(7-5-10)17(23)13-9-12(13)16(22)20-15-3-2-11(18)8-14(15)19/h2-3,8,10,12-13H,4-7,9H2,1H3,(H,20,22). The lowest BCUT2D eigenvalue weighted by molar-refractivity contribution is -0.135. The van der Waals surface area contributed by atoms with Crippen molar-refractivity contribution in [3.05, 3.63) is 28.2 Å². The van der Waals surface area contributed by atoms with Crippen molar-refractivity contribution >= 4 is 40.7 Å². The maximum absolute atomic E-state index is 12.4. The Morgan fingerprint density at radius 2 is 1.87 bits per heavy atom. The molecule has 0 bridgehead atoms. The molecule has 0 aromatic heterocycles. The van der Waals surface area contributed by atoms with Crippen molar-refractivity contribution in [2.45, 2.75) is 26.2 Å². The van der Waals surface area contributed by atoms with Crippen LogP contribution in [-0.4, -0.2) is 29.8 Å². The van der Waals surface area contributed by atoms with Crippen LogP contribution in [0.3, 0.4) is 0 Å². The Bertz CT molecular complexity index is 627. The summed E-state index contributed by atoms with van der Waals surface area (Å²) in [5, 5.41) is 3.72. The van der Waals surface area contributed by atoms with Crippen molar-refractivity contribution in [1.82, 2.24) is 4.90 Å². The first-order valence-electron chi connectivity index (χ1n) is 8.00. The number of piperidine rings is 1. The Kier molecular flexibility index (Phi) is 4.83. The average Bonchev–Trinajstić information content (AvgIpc) is 3.31. The number of amides is 2. The Morgan fingerprint density at radius 3 is 2.52 bits per heavy atom. The first-order valence-corrected chi connectivity index (χ1v) is 8.76. The van der Waals surface area contributed by atoms with Crippen LogP contribution in [0.4, 0.5) is 5.69 Å². The van der Waals surface area contributed by atoms with Gasteiger partial charge in [-0.3, -0.25) is 9.59 Å². The van der Waals surface area contributed by atoms with Gasteiger partial charge in [0.2, 0.25) is 11.8 Å². The number of halogens is 2. The maximum Gasteiger partial charge on any atom is 0.228 e. The smallest absolute Gasteiger partial charge is 0.228 e. The minimum Gasteiger partial charge on any atom is -0.342 e. The molecule has 1 saturated heterocycles. The molecule has 4 nitrogen and oxygen atoms in total. The third-order valence-electron chi connectivity index (χ3n) is 4.73. The van der Waals surface area contributed by atoms with E-state index in [4.69, 9.17) is 23.2 Å². The SMILES string of the molecule is CC1CCN(C(=O)C2CC2C(=O)Nc2ccc(Cl)cc2Cl)CC1. The predicted molar refractivity (Wildman–Crippen MR) is 91.7 cm³/mol. The van der Waals surface area contributed by atoms with Crippen LogP contribution in [0.15, 0.2) is 18.2 Å². The van der Waals surface area contributed by atoms with Crippen LogP contribution >= 0.6 is 23.2 Å². The Hall–Kier alpha value is -1.26. The van der Waals surface area contributed by atoms with Gasteiger partial charge in [-0.25, -0.2) is 0 Å². The van der Waals surface area contributed by atoms with E-state index in [1.54, 1.807) is 18.2 Å². The molecular weight excluding hydrogens is 335 g/mol. The number of hydrogen-bond acceptors (Lipinski definition) is 2. The van der Waals surface area contributed by atoms with Crippen molar-refractivity contribution < 1.29 is 9.59 Å². The second-order valence-electron chi connectivity index (χ2n) is 6.57. The van der Waals surface area contributed by atoms with E-state index in [1.807, 2.05) is 4.90 Å². The highest BCUT2D eigenvalue weighted by Gasteiger charge is 2.49. The highest BCUT2D eigenvalue weighted by molar-refractivity contribution is 6.36. The fourth-order valence-electron chi connectivity index (χ4n) is 3.04. The van der Waals surface area contributed by atoms with Crippen molar-refractivity contribution in [2.75, 3.05) is 18.4 Å². The number of hydrogen-bond donors (Lipinski definition) is 1. The minimum absolute atomic E-state index is 0.124. The molecule has 1 aliphatic heterocycles. The molecule has 0 spiro atoms. The summed E-state index contributed by atoms with van der Waals surface area (Å²) >= 11 is 11.9. The topological polar surface area (TPSA) is 49.4 Å². The molecule has 1 aliphatic carbocycles. The van der Waals surface area contributed by atoms with Gasteiger partial charge < -0.3 is 10.2 Å². The fourth-order valence-corrected chi connectivity index (χ4v) is 3.49. The second kappa shape index (κ2) is 6.70. The number of anilines is 1. The highest BCUT2D eigenvalue weighted by Crippen LogP contribution is 2.42. The summed E-state index contributed by atoms with van der Waals surface area (Å²) in [6.07, 6.45) is 2.73. The molecule has 124 valence electrons. The average molecular weight is 355 g/mol. The monoisotopic (exact) mass is 354 g/mol. The molecule has 3 rings (SSSR count). The van der Waals surface area contributed by atoms with E-state index >= 15 is 0 Å². The van der Waals surface area contributed by atoms with E-state index in [2.05, 4.69) is 12.2 Å². The normalized spacial score (nSPS) is 24.4. The molecular formula is C17H20Cl2N2O2. The van der Waals surface area contributed by atoms with E-state index < -0.39 is 0 Å². The summed E-state index contributed by atoms with van der Waals surface area (Å²) in [6.45, 7) is 3.84. The van der Waals surface area contributed by atoms with Crippen molar-refractivity contribution in [3.8, 4) is 0 Å². The number of nitrogens with one attached hydrogen (secondary N) is 1. The van der Waals surface area contributed by atoms with E-state index in [-0.39, 0.29) is 23.7 Å².